The lowest BCUT2D eigenvalue weighted by molar-refractivity contribution is -0.127. The minimum atomic E-state index is -0.124. The van der Waals surface area contributed by atoms with Crippen LogP contribution in [0.25, 0.3) is 0 Å². The Kier molecular flexibility index (Phi) is 3.94. The Balaban J connectivity index is 2.11. The van der Waals surface area contributed by atoms with Gasteiger partial charge in [-0.05, 0) is 26.7 Å². The SMILES string of the molecule is CCn1c(SC(C)C(=O)N(C)C)nnc1C1CC1. The van der Waals surface area contributed by atoms with E-state index in [1.165, 1.54) is 24.6 Å². The van der Waals surface area contributed by atoms with E-state index in [1.807, 2.05) is 6.92 Å². The second kappa shape index (κ2) is 5.30. The van der Waals surface area contributed by atoms with Crippen LogP contribution in [0.15, 0.2) is 5.16 Å². The van der Waals surface area contributed by atoms with Gasteiger partial charge in [0.25, 0.3) is 0 Å². The number of amides is 1. The number of rotatable bonds is 5. The molecule has 0 bridgehead atoms. The largest absolute Gasteiger partial charge is 0.348 e. The summed E-state index contributed by atoms with van der Waals surface area (Å²) in [6.45, 7) is 4.88. The van der Waals surface area contributed by atoms with E-state index in [1.54, 1.807) is 19.0 Å². The van der Waals surface area contributed by atoms with E-state index < -0.39 is 0 Å². The molecule has 1 amide bonds. The van der Waals surface area contributed by atoms with E-state index in [2.05, 4.69) is 21.7 Å². The van der Waals surface area contributed by atoms with Crippen LogP contribution in [0.5, 0.6) is 0 Å². The summed E-state index contributed by atoms with van der Waals surface area (Å²) in [7, 11) is 3.55. The fraction of sp³-hybridized carbons (Fsp3) is 0.750. The molecular weight excluding hydrogens is 248 g/mol. The van der Waals surface area contributed by atoms with Gasteiger partial charge < -0.3 is 9.47 Å². The second-order valence-corrected chi connectivity index (χ2v) is 6.16. The molecular formula is C12H20N4OS. The van der Waals surface area contributed by atoms with Gasteiger partial charge >= 0.3 is 0 Å². The van der Waals surface area contributed by atoms with Crippen molar-refractivity contribution < 1.29 is 4.79 Å². The lowest BCUT2D eigenvalue weighted by atomic mass is 10.4. The van der Waals surface area contributed by atoms with Crippen molar-refractivity contribution in [2.75, 3.05) is 14.1 Å². The summed E-state index contributed by atoms with van der Waals surface area (Å²) in [5.74, 6) is 1.79. The van der Waals surface area contributed by atoms with Gasteiger partial charge in [-0.25, -0.2) is 0 Å². The zero-order valence-electron chi connectivity index (χ0n) is 11.4. The topological polar surface area (TPSA) is 51.0 Å². The second-order valence-electron chi connectivity index (χ2n) is 4.85. The molecule has 1 heterocycles. The third-order valence-corrected chi connectivity index (χ3v) is 4.14. The summed E-state index contributed by atoms with van der Waals surface area (Å²) in [6.07, 6.45) is 2.43. The van der Waals surface area contributed by atoms with Gasteiger partial charge in [0.2, 0.25) is 5.91 Å². The average molecular weight is 268 g/mol. The Morgan fingerprint density at radius 1 is 1.50 bits per heavy atom. The highest BCUT2D eigenvalue weighted by molar-refractivity contribution is 8.00. The van der Waals surface area contributed by atoms with Gasteiger partial charge in [0, 0.05) is 26.6 Å². The number of carbonyl (C=O) groups excluding carboxylic acids is 1. The van der Waals surface area contributed by atoms with Crippen LogP contribution in [0, 0.1) is 0 Å². The molecule has 1 aliphatic rings. The number of carbonyl (C=O) groups is 1. The highest BCUT2D eigenvalue weighted by Crippen LogP contribution is 2.40. The minimum Gasteiger partial charge on any atom is -0.348 e. The van der Waals surface area contributed by atoms with Crippen LogP contribution in [-0.4, -0.2) is 44.9 Å². The molecule has 1 fully saturated rings. The smallest absolute Gasteiger partial charge is 0.235 e. The van der Waals surface area contributed by atoms with Gasteiger partial charge in [-0.3, -0.25) is 4.79 Å². The molecule has 0 aliphatic heterocycles. The van der Waals surface area contributed by atoms with E-state index in [4.69, 9.17) is 0 Å². The maximum atomic E-state index is 11.8. The first-order valence-corrected chi connectivity index (χ1v) is 7.23. The summed E-state index contributed by atoms with van der Waals surface area (Å²) >= 11 is 1.50. The molecule has 1 aromatic rings. The van der Waals surface area contributed by atoms with E-state index >= 15 is 0 Å². The Hall–Kier alpha value is -1.04. The molecule has 0 radical (unpaired) electrons. The van der Waals surface area contributed by atoms with E-state index in [-0.39, 0.29) is 11.2 Å². The molecule has 1 aliphatic carbocycles. The van der Waals surface area contributed by atoms with Crippen molar-refractivity contribution in [3.8, 4) is 0 Å². The minimum absolute atomic E-state index is 0.110. The van der Waals surface area contributed by atoms with E-state index in [0.717, 1.165) is 17.5 Å². The summed E-state index contributed by atoms with van der Waals surface area (Å²) in [6, 6.07) is 0. The van der Waals surface area contributed by atoms with Crippen LogP contribution in [0.3, 0.4) is 0 Å². The van der Waals surface area contributed by atoms with Crippen LogP contribution >= 0.6 is 11.8 Å². The quantitative estimate of drug-likeness (QED) is 0.763. The Labute approximate surface area is 112 Å². The molecule has 1 unspecified atom stereocenters. The molecule has 18 heavy (non-hydrogen) atoms. The van der Waals surface area contributed by atoms with Gasteiger partial charge in [0.05, 0.1) is 5.25 Å². The van der Waals surface area contributed by atoms with Gasteiger partial charge in [0.15, 0.2) is 5.16 Å². The van der Waals surface area contributed by atoms with Crippen LogP contribution in [0.2, 0.25) is 0 Å². The third kappa shape index (κ3) is 2.68. The van der Waals surface area contributed by atoms with Gasteiger partial charge in [-0.1, -0.05) is 11.8 Å². The Morgan fingerprint density at radius 3 is 2.67 bits per heavy atom. The van der Waals surface area contributed by atoms with Gasteiger partial charge in [0.1, 0.15) is 5.82 Å². The highest BCUT2D eigenvalue weighted by atomic mass is 32.2. The number of aromatic nitrogens is 3. The number of hydrogen-bond donors (Lipinski definition) is 0. The molecule has 0 aromatic carbocycles. The fourth-order valence-electron chi connectivity index (χ4n) is 1.90. The number of hydrogen-bond acceptors (Lipinski definition) is 4. The molecule has 0 N–H and O–H groups in total. The maximum Gasteiger partial charge on any atom is 0.235 e. The van der Waals surface area contributed by atoms with Crippen molar-refractivity contribution >= 4 is 17.7 Å². The fourth-order valence-corrected chi connectivity index (χ4v) is 2.97. The standard InChI is InChI=1S/C12H20N4OS/c1-5-16-10(9-6-7-9)13-14-12(16)18-8(2)11(17)15(3)4/h8-9H,5-7H2,1-4H3. The number of nitrogens with zero attached hydrogens (tertiary/aromatic N) is 4. The van der Waals surface area contributed by atoms with Gasteiger partial charge in [-0.15, -0.1) is 10.2 Å². The predicted octanol–water partition coefficient (Wildman–Crippen LogP) is 1.74. The molecule has 5 nitrogen and oxygen atoms in total. The first kappa shape index (κ1) is 13.4. The van der Waals surface area contributed by atoms with Crippen molar-refractivity contribution in [1.29, 1.82) is 0 Å². The van der Waals surface area contributed by atoms with Crippen molar-refractivity contribution in [2.45, 2.75) is 49.6 Å². The molecule has 6 heteroatoms. The first-order chi connectivity index (χ1) is 8.54. The third-order valence-electron chi connectivity index (χ3n) is 3.07. The van der Waals surface area contributed by atoms with Crippen LogP contribution in [0.4, 0.5) is 0 Å². The highest BCUT2D eigenvalue weighted by Gasteiger charge is 2.30. The zero-order valence-corrected chi connectivity index (χ0v) is 12.2. The van der Waals surface area contributed by atoms with E-state index in [0.29, 0.717) is 5.92 Å². The van der Waals surface area contributed by atoms with Crippen molar-refractivity contribution in [3.63, 3.8) is 0 Å². The molecule has 100 valence electrons. The first-order valence-electron chi connectivity index (χ1n) is 6.35. The Morgan fingerprint density at radius 2 is 2.17 bits per heavy atom. The average Bonchev–Trinajstić information content (AvgIpc) is 3.10. The van der Waals surface area contributed by atoms with Crippen molar-refractivity contribution in [3.05, 3.63) is 5.82 Å². The molecule has 1 saturated carbocycles. The lowest BCUT2D eigenvalue weighted by Gasteiger charge is -2.16. The monoisotopic (exact) mass is 268 g/mol. The maximum absolute atomic E-state index is 11.8. The molecule has 1 atom stereocenters. The zero-order chi connectivity index (χ0) is 13.3. The summed E-state index contributed by atoms with van der Waals surface area (Å²) < 4.78 is 2.14. The summed E-state index contributed by atoms with van der Waals surface area (Å²) in [4.78, 5) is 13.5. The van der Waals surface area contributed by atoms with Crippen LogP contribution in [-0.2, 0) is 11.3 Å². The molecule has 2 rings (SSSR count). The lowest BCUT2D eigenvalue weighted by Crippen LogP contribution is -2.29. The van der Waals surface area contributed by atoms with Crippen LogP contribution < -0.4 is 0 Å². The van der Waals surface area contributed by atoms with Crippen molar-refractivity contribution in [2.24, 2.45) is 0 Å². The predicted molar refractivity (Wildman–Crippen MR) is 71.7 cm³/mol. The van der Waals surface area contributed by atoms with E-state index in [9.17, 15) is 4.79 Å². The molecule has 0 saturated heterocycles. The normalized spacial score (nSPS) is 16.7. The summed E-state index contributed by atoms with van der Waals surface area (Å²) in [5, 5.41) is 9.25. The van der Waals surface area contributed by atoms with Crippen molar-refractivity contribution in [1.82, 2.24) is 19.7 Å². The number of thioether (sulfide) groups is 1. The molecule has 1 aromatic heterocycles. The van der Waals surface area contributed by atoms with Gasteiger partial charge in [-0.2, -0.15) is 0 Å². The molecule has 0 spiro atoms. The Bertz CT molecular complexity index is 439. The van der Waals surface area contributed by atoms with Crippen LogP contribution in [0.1, 0.15) is 38.4 Å². The summed E-state index contributed by atoms with van der Waals surface area (Å²) in [5.41, 5.74) is 0.